The van der Waals surface area contributed by atoms with Crippen LogP contribution in [-0.4, -0.2) is 23.9 Å². The number of hydrogen-bond donors (Lipinski definition) is 1. The Labute approximate surface area is 144 Å². The van der Waals surface area contributed by atoms with E-state index in [2.05, 4.69) is 10.3 Å². The Morgan fingerprint density at radius 1 is 1.25 bits per heavy atom. The van der Waals surface area contributed by atoms with Gasteiger partial charge in [-0.05, 0) is 55.3 Å². The number of hydrogen-bond acceptors (Lipinski definition) is 4. The molecule has 5 nitrogen and oxygen atoms in total. The molecule has 0 aliphatic rings. The van der Waals surface area contributed by atoms with Crippen LogP contribution in [0.3, 0.4) is 0 Å². The predicted molar refractivity (Wildman–Crippen MR) is 94.8 cm³/mol. The summed E-state index contributed by atoms with van der Waals surface area (Å²) in [4.78, 5) is 16.1. The van der Waals surface area contributed by atoms with Crippen LogP contribution in [0, 0.1) is 13.8 Å². The average molecular weight is 345 g/mol. The summed E-state index contributed by atoms with van der Waals surface area (Å²) >= 11 is 5.55. The van der Waals surface area contributed by atoms with Crippen molar-refractivity contribution in [3.05, 3.63) is 41.5 Å². The van der Waals surface area contributed by atoms with Crippen LogP contribution in [0.5, 0.6) is 5.75 Å². The number of benzene rings is 2. The van der Waals surface area contributed by atoms with E-state index in [0.29, 0.717) is 17.3 Å². The van der Waals surface area contributed by atoms with Crippen LogP contribution in [-0.2, 0) is 4.79 Å². The zero-order valence-electron chi connectivity index (χ0n) is 13.6. The average Bonchev–Trinajstić information content (AvgIpc) is 2.97. The number of rotatable bonds is 4. The third kappa shape index (κ3) is 3.08. The minimum absolute atomic E-state index is 0.130. The van der Waals surface area contributed by atoms with E-state index in [4.69, 9.17) is 20.8 Å². The van der Waals surface area contributed by atoms with Gasteiger partial charge in [0, 0.05) is 5.56 Å². The molecule has 124 valence electrons. The van der Waals surface area contributed by atoms with Crippen LogP contribution < -0.4 is 10.1 Å². The lowest BCUT2D eigenvalue weighted by Gasteiger charge is -2.10. The number of methoxy groups -OCH3 is 1. The van der Waals surface area contributed by atoms with Crippen LogP contribution in [0.1, 0.15) is 11.1 Å². The van der Waals surface area contributed by atoms with E-state index in [1.807, 2.05) is 32.0 Å². The molecule has 0 saturated carbocycles. The first-order valence-electron chi connectivity index (χ1n) is 7.44. The predicted octanol–water partition coefficient (Wildman–Crippen LogP) is 4.30. The van der Waals surface area contributed by atoms with Gasteiger partial charge in [-0.25, -0.2) is 4.98 Å². The lowest BCUT2D eigenvalue weighted by atomic mass is 10.1. The minimum Gasteiger partial charge on any atom is -0.495 e. The Morgan fingerprint density at radius 2 is 2.00 bits per heavy atom. The van der Waals surface area contributed by atoms with E-state index < -0.39 is 0 Å². The van der Waals surface area contributed by atoms with Gasteiger partial charge in [-0.3, -0.25) is 4.79 Å². The van der Waals surface area contributed by atoms with Crippen molar-refractivity contribution >= 4 is 34.3 Å². The lowest BCUT2D eigenvalue weighted by Crippen LogP contribution is -2.13. The van der Waals surface area contributed by atoms with E-state index >= 15 is 0 Å². The van der Waals surface area contributed by atoms with E-state index in [1.165, 1.54) is 7.11 Å². The van der Waals surface area contributed by atoms with Gasteiger partial charge < -0.3 is 14.5 Å². The number of carbonyl (C=O) groups is 1. The number of oxazole rings is 1. The van der Waals surface area contributed by atoms with Crippen molar-refractivity contribution in [1.82, 2.24) is 4.98 Å². The number of aromatic nitrogens is 1. The molecule has 0 saturated heterocycles. The second kappa shape index (κ2) is 6.53. The first-order chi connectivity index (χ1) is 11.5. The summed E-state index contributed by atoms with van der Waals surface area (Å²) in [6, 6.07) is 9.32. The topological polar surface area (TPSA) is 64.4 Å². The van der Waals surface area contributed by atoms with E-state index in [0.717, 1.165) is 27.8 Å². The monoisotopic (exact) mass is 344 g/mol. The molecule has 1 heterocycles. The van der Waals surface area contributed by atoms with Crippen LogP contribution in [0.25, 0.3) is 22.6 Å². The van der Waals surface area contributed by atoms with Crippen molar-refractivity contribution in [2.75, 3.05) is 18.3 Å². The van der Waals surface area contributed by atoms with Crippen molar-refractivity contribution in [2.24, 2.45) is 0 Å². The third-order valence-electron chi connectivity index (χ3n) is 3.85. The number of aryl methyl sites for hydroxylation is 2. The summed E-state index contributed by atoms with van der Waals surface area (Å²) < 4.78 is 11.1. The number of halogens is 1. The molecule has 2 aromatic carbocycles. The first-order valence-corrected chi connectivity index (χ1v) is 7.97. The highest BCUT2D eigenvalue weighted by Crippen LogP contribution is 2.32. The summed E-state index contributed by atoms with van der Waals surface area (Å²) in [5.74, 6) is 0.587. The number of carbonyl (C=O) groups excluding carboxylic acids is 1. The van der Waals surface area contributed by atoms with Crippen molar-refractivity contribution < 1.29 is 13.9 Å². The fourth-order valence-corrected chi connectivity index (χ4v) is 2.49. The van der Waals surface area contributed by atoms with Crippen molar-refractivity contribution in [2.45, 2.75) is 13.8 Å². The van der Waals surface area contributed by atoms with Crippen molar-refractivity contribution in [3.8, 4) is 17.2 Å². The SMILES string of the molecule is COc1ccc(-c2nc3cc(C)c(C)cc3o2)cc1NC(=O)CCl. The smallest absolute Gasteiger partial charge is 0.239 e. The highest BCUT2D eigenvalue weighted by Gasteiger charge is 2.13. The Morgan fingerprint density at radius 3 is 2.71 bits per heavy atom. The summed E-state index contributed by atoms with van der Waals surface area (Å²) in [7, 11) is 1.54. The molecule has 0 atom stereocenters. The van der Waals surface area contributed by atoms with E-state index in [-0.39, 0.29) is 11.8 Å². The Bertz CT molecular complexity index is 879. The minimum atomic E-state index is -0.309. The molecule has 0 radical (unpaired) electrons. The molecule has 1 aromatic heterocycles. The molecule has 3 aromatic rings. The van der Waals surface area contributed by atoms with Crippen molar-refractivity contribution in [1.29, 1.82) is 0 Å². The Kier molecular flexibility index (Phi) is 4.44. The van der Waals surface area contributed by atoms with Crippen molar-refractivity contribution in [3.63, 3.8) is 0 Å². The molecule has 1 N–H and O–H groups in total. The van der Waals surface area contributed by atoms with Crippen LogP contribution in [0.2, 0.25) is 0 Å². The second-order valence-corrected chi connectivity index (χ2v) is 5.79. The maximum atomic E-state index is 11.6. The maximum Gasteiger partial charge on any atom is 0.239 e. The molecule has 1 amide bonds. The van der Waals surface area contributed by atoms with E-state index in [1.54, 1.807) is 12.1 Å². The van der Waals surface area contributed by atoms with E-state index in [9.17, 15) is 4.79 Å². The maximum absolute atomic E-state index is 11.6. The summed E-state index contributed by atoms with van der Waals surface area (Å²) in [6.07, 6.45) is 0. The second-order valence-electron chi connectivity index (χ2n) is 5.52. The van der Waals surface area contributed by atoms with Gasteiger partial charge >= 0.3 is 0 Å². The highest BCUT2D eigenvalue weighted by molar-refractivity contribution is 6.29. The molecule has 0 fully saturated rings. The summed E-state index contributed by atoms with van der Waals surface area (Å²) in [5.41, 5.74) is 5.11. The quantitative estimate of drug-likeness (QED) is 0.717. The van der Waals surface area contributed by atoms with Gasteiger partial charge in [0.15, 0.2) is 5.58 Å². The number of amides is 1. The van der Waals surface area contributed by atoms with Gasteiger partial charge in [0.1, 0.15) is 17.1 Å². The molecule has 0 bridgehead atoms. The standard InChI is InChI=1S/C18H17ClN2O3/c1-10-6-13-16(7-11(10)2)24-18(21-13)12-4-5-15(23-3)14(8-12)20-17(22)9-19/h4-8H,9H2,1-3H3,(H,20,22). The largest absolute Gasteiger partial charge is 0.495 e. The molecule has 6 heteroatoms. The molecule has 0 unspecified atom stereocenters. The molecule has 0 aliphatic heterocycles. The summed E-state index contributed by atoms with van der Waals surface area (Å²) in [5, 5.41) is 2.71. The van der Waals surface area contributed by atoms with Crippen LogP contribution in [0.15, 0.2) is 34.7 Å². The van der Waals surface area contributed by atoms with Gasteiger partial charge in [0.05, 0.1) is 12.8 Å². The number of alkyl halides is 1. The fraction of sp³-hybridized carbons (Fsp3) is 0.222. The third-order valence-corrected chi connectivity index (χ3v) is 4.09. The molecule has 0 spiro atoms. The zero-order valence-corrected chi connectivity index (χ0v) is 14.4. The zero-order chi connectivity index (χ0) is 17.3. The highest BCUT2D eigenvalue weighted by atomic mass is 35.5. The van der Waals surface area contributed by atoms with Gasteiger partial charge in [-0.1, -0.05) is 0 Å². The molecular formula is C18H17ClN2O3. The summed E-state index contributed by atoms with van der Waals surface area (Å²) in [6.45, 7) is 4.07. The van der Waals surface area contributed by atoms with Gasteiger partial charge in [0.25, 0.3) is 0 Å². The first kappa shape index (κ1) is 16.3. The van der Waals surface area contributed by atoms with Crippen LogP contribution >= 0.6 is 11.6 Å². The number of ether oxygens (including phenoxy) is 1. The molecule has 3 rings (SSSR count). The number of anilines is 1. The normalized spacial score (nSPS) is 10.8. The van der Waals surface area contributed by atoms with Gasteiger partial charge in [-0.15, -0.1) is 11.6 Å². The molecule has 0 aliphatic carbocycles. The van der Waals surface area contributed by atoms with Gasteiger partial charge in [-0.2, -0.15) is 0 Å². The lowest BCUT2D eigenvalue weighted by molar-refractivity contribution is -0.113. The number of fused-ring (bicyclic) bond motifs is 1. The van der Waals surface area contributed by atoms with Crippen LogP contribution in [0.4, 0.5) is 5.69 Å². The van der Waals surface area contributed by atoms with Gasteiger partial charge in [0.2, 0.25) is 11.8 Å². The number of nitrogens with zero attached hydrogens (tertiary/aromatic N) is 1. The molecule has 24 heavy (non-hydrogen) atoms. The Balaban J connectivity index is 2.05. The molecular weight excluding hydrogens is 328 g/mol. The Hall–Kier alpha value is -2.53. The number of nitrogens with one attached hydrogen (secondary N) is 1. The fourth-order valence-electron chi connectivity index (χ4n) is 2.43.